The van der Waals surface area contributed by atoms with E-state index < -0.39 is 18.5 Å². The van der Waals surface area contributed by atoms with Gasteiger partial charge in [-0.05, 0) is 42.9 Å². The Balaban J connectivity index is 1.72. The van der Waals surface area contributed by atoms with Crippen molar-refractivity contribution in [2.75, 3.05) is 17.3 Å². The topological polar surface area (TPSA) is 84.0 Å². The molecular weight excluding hydrogens is 446 g/mol. The Morgan fingerprint density at radius 3 is 2.65 bits per heavy atom. The number of anilines is 2. The zero-order valence-electron chi connectivity index (χ0n) is 19.3. The first-order valence-electron chi connectivity index (χ1n) is 11.3. The highest BCUT2D eigenvalue weighted by Gasteiger charge is 2.49. The van der Waals surface area contributed by atoms with Crippen LogP contribution in [0.25, 0.3) is 0 Å². The molecule has 0 radical (unpaired) electrons. The number of fused-ring (bicyclic) bond motifs is 2. The normalized spacial score (nSPS) is 21.1. The molecule has 34 heavy (non-hydrogen) atoms. The molecule has 3 amide bonds. The molecule has 2 bridgehead atoms. The van der Waals surface area contributed by atoms with Gasteiger partial charge in [0, 0.05) is 17.8 Å². The lowest BCUT2D eigenvalue weighted by molar-refractivity contribution is -0.119. The van der Waals surface area contributed by atoms with Crippen LogP contribution in [0, 0.1) is 0 Å². The summed E-state index contributed by atoms with van der Waals surface area (Å²) in [6.07, 6.45) is 3.20. The zero-order valence-corrected chi connectivity index (χ0v) is 19.3. The number of aromatic nitrogens is 1. The first-order valence-corrected chi connectivity index (χ1v) is 11.3. The number of rotatable bonds is 8. The van der Waals surface area contributed by atoms with Crippen LogP contribution in [0.3, 0.4) is 0 Å². The van der Waals surface area contributed by atoms with Crippen molar-refractivity contribution < 1.29 is 27.8 Å². The summed E-state index contributed by atoms with van der Waals surface area (Å²) in [5, 5.41) is 2.70. The second-order valence-corrected chi connectivity index (χ2v) is 8.75. The van der Waals surface area contributed by atoms with Gasteiger partial charge in [-0.2, -0.15) is 13.8 Å². The molecule has 10 heteroatoms. The summed E-state index contributed by atoms with van der Waals surface area (Å²) < 4.78 is 35.5. The number of benzene rings is 1. The number of hydrogen-bond acceptors (Lipinski definition) is 5. The summed E-state index contributed by atoms with van der Waals surface area (Å²) >= 11 is 0. The van der Waals surface area contributed by atoms with Gasteiger partial charge in [-0.25, -0.2) is 4.79 Å². The van der Waals surface area contributed by atoms with Crippen molar-refractivity contribution in [2.45, 2.75) is 63.8 Å². The minimum absolute atomic E-state index is 0.00599. The van der Waals surface area contributed by atoms with Crippen molar-refractivity contribution in [3.63, 3.8) is 0 Å². The summed E-state index contributed by atoms with van der Waals surface area (Å²) in [6, 6.07) is 9.66. The van der Waals surface area contributed by atoms with Gasteiger partial charge in [0.05, 0.1) is 19.2 Å². The summed E-state index contributed by atoms with van der Waals surface area (Å²) in [7, 11) is 1.35. The van der Waals surface area contributed by atoms with Crippen LogP contribution in [-0.4, -0.2) is 54.2 Å². The van der Waals surface area contributed by atoms with Crippen LogP contribution in [0.15, 0.2) is 36.4 Å². The van der Waals surface area contributed by atoms with Crippen molar-refractivity contribution in [2.24, 2.45) is 0 Å². The predicted molar refractivity (Wildman–Crippen MR) is 123 cm³/mol. The largest absolute Gasteiger partial charge is 0.481 e. The van der Waals surface area contributed by atoms with Gasteiger partial charge in [0.2, 0.25) is 18.2 Å². The standard InChI is InChI=1S/C24H28F2N4O4/c1-14(2)16-6-4-5-7-18(16)30(20-12-15-8-10-19(20)29(15)13-31)24(32)27-17-9-11-21(33-3)28-22(17)34-23(25)26/h4-7,9,11,13-15,19-20,23H,8,10,12H2,1-3H3,(H,27,32). The number of carbonyl (C=O) groups is 2. The Bertz CT molecular complexity index is 1050. The molecule has 2 aliphatic heterocycles. The molecule has 1 aromatic carbocycles. The molecule has 1 aromatic heterocycles. The molecule has 2 aliphatic rings. The van der Waals surface area contributed by atoms with Gasteiger partial charge in [-0.1, -0.05) is 32.0 Å². The number of nitrogens with one attached hydrogen (secondary N) is 1. The van der Waals surface area contributed by atoms with E-state index >= 15 is 0 Å². The van der Waals surface area contributed by atoms with Crippen molar-refractivity contribution in [3.8, 4) is 11.8 Å². The van der Waals surface area contributed by atoms with E-state index in [-0.39, 0.29) is 35.6 Å². The molecule has 3 unspecified atom stereocenters. The monoisotopic (exact) mass is 474 g/mol. The maximum absolute atomic E-state index is 13.7. The lowest BCUT2D eigenvalue weighted by Crippen LogP contribution is -2.49. The predicted octanol–water partition coefficient (Wildman–Crippen LogP) is 4.62. The molecule has 182 valence electrons. The maximum atomic E-state index is 13.7. The highest BCUT2D eigenvalue weighted by Crippen LogP contribution is 2.42. The molecule has 1 N–H and O–H groups in total. The van der Waals surface area contributed by atoms with E-state index in [1.807, 2.05) is 38.1 Å². The van der Waals surface area contributed by atoms with Crippen LogP contribution >= 0.6 is 0 Å². The van der Waals surface area contributed by atoms with Gasteiger partial charge in [-0.3, -0.25) is 9.69 Å². The first kappa shape index (κ1) is 23.7. The SMILES string of the molecule is COc1ccc(NC(=O)N(c2ccccc2C(C)C)C2CC3CCC2N3C=O)c(OC(F)F)n1. The van der Waals surface area contributed by atoms with E-state index in [2.05, 4.69) is 15.0 Å². The van der Waals surface area contributed by atoms with E-state index in [0.29, 0.717) is 6.42 Å². The fourth-order valence-electron chi connectivity index (χ4n) is 5.06. The number of para-hydroxylation sites is 1. The summed E-state index contributed by atoms with van der Waals surface area (Å²) in [6.45, 7) is 0.949. The number of urea groups is 1. The van der Waals surface area contributed by atoms with Gasteiger partial charge in [0.15, 0.2) is 0 Å². The third kappa shape index (κ3) is 4.49. The van der Waals surface area contributed by atoms with Crippen molar-refractivity contribution in [1.82, 2.24) is 9.88 Å². The van der Waals surface area contributed by atoms with E-state index in [0.717, 1.165) is 30.5 Å². The summed E-state index contributed by atoms with van der Waals surface area (Å²) in [4.78, 5) is 32.8. The molecule has 3 atom stereocenters. The van der Waals surface area contributed by atoms with Gasteiger partial charge in [0.1, 0.15) is 5.69 Å². The highest BCUT2D eigenvalue weighted by atomic mass is 19.3. The first-order chi connectivity index (χ1) is 16.3. The molecule has 4 rings (SSSR count). The van der Waals surface area contributed by atoms with Crippen LogP contribution in [-0.2, 0) is 4.79 Å². The van der Waals surface area contributed by atoms with E-state index in [4.69, 9.17) is 4.74 Å². The molecular formula is C24H28F2N4O4. The van der Waals surface area contributed by atoms with Crippen LogP contribution in [0.2, 0.25) is 0 Å². The summed E-state index contributed by atoms with van der Waals surface area (Å²) in [5.74, 6) is -0.236. The Labute approximate surface area is 196 Å². The van der Waals surface area contributed by atoms with Gasteiger partial charge >= 0.3 is 12.6 Å². The molecule has 0 spiro atoms. The van der Waals surface area contributed by atoms with Gasteiger partial charge < -0.3 is 19.7 Å². The average molecular weight is 475 g/mol. The van der Waals surface area contributed by atoms with E-state index in [1.165, 1.54) is 19.2 Å². The molecule has 3 heterocycles. The average Bonchev–Trinajstić information content (AvgIpc) is 3.37. The van der Waals surface area contributed by atoms with Gasteiger partial charge in [-0.15, -0.1) is 0 Å². The number of methoxy groups -OCH3 is 1. The Hall–Kier alpha value is -3.43. The number of amides is 3. The van der Waals surface area contributed by atoms with E-state index in [1.54, 1.807) is 9.80 Å². The molecule has 0 aliphatic carbocycles. The lowest BCUT2D eigenvalue weighted by atomic mass is 9.92. The second kappa shape index (κ2) is 9.82. The Morgan fingerprint density at radius 1 is 1.24 bits per heavy atom. The Morgan fingerprint density at radius 2 is 2.00 bits per heavy atom. The number of halogens is 2. The zero-order chi connectivity index (χ0) is 24.4. The van der Waals surface area contributed by atoms with Crippen molar-refractivity contribution >= 4 is 23.8 Å². The minimum Gasteiger partial charge on any atom is -0.481 e. The van der Waals surface area contributed by atoms with Crippen LogP contribution < -0.4 is 19.7 Å². The fourth-order valence-corrected chi connectivity index (χ4v) is 5.06. The maximum Gasteiger partial charge on any atom is 0.388 e. The van der Waals surface area contributed by atoms with Crippen LogP contribution in [0.5, 0.6) is 11.8 Å². The second-order valence-electron chi connectivity index (χ2n) is 8.75. The fraction of sp³-hybridized carbons (Fsp3) is 0.458. The number of nitrogens with zero attached hydrogens (tertiary/aromatic N) is 3. The number of alkyl halides is 2. The third-order valence-electron chi connectivity index (χ3n) is 6.53. The molecule has 8 nitrogen and oxygen atoms in total. The van der Waals surface area contributed by atoms with Crippen molar-refractivity contribution in [3.05, 3.63) is 42.0 Å². The molecule has 2 fully saturated rings. The number of carbonyl (C=O) groups excluding carboxylic acids is 2. The quantitative estimate of drug-likeness (QED) is 0.565. The number of ether oxygens (including phenoxy) is 2. The van der Waals surface area contributed by atoms with Crippen LogP contribution in [0.4, 0.5) is 25.0 Å². The number of pyridine rings is 1. The molecule has 2 saturated heterocycles. The molecule has 0 saturated carbocycles. The number of hydrogen-bond donors (Lipinski definition) is 1. The lowest BCUT2D eigenvalue weighted by Gasteiger charge is -2.36. The van der Waals surface area contributed by atoms with Gasteiger partial charge in [0.25, 0.3) is 0 Å². The van der Waals surface area contributed by atoms with Crippen molar-refractivity contribution in [1.29, 1.82) is 0 Å². The third-order valence-corrected chi connectivity index (χ3v) is 6.53. The smallest absolute Gasteiger partial charge is 0.388 e. The Kier molecular flexibility index (Phi) is 6.85. The van der Waals surface area contributed by atoms with E-state index in [9.17, 15) is 18.4 Å². The minimum atomic E-state index is -3.13. The molecule has 2 aromatic rings. The summed E-state index contributed by atoms with van der Waals surface area (Å²) in [5.41, 5.74) is 1.68. The van der Waals surface area contributed by atoms with Crippen LogP contribution in [0.1, 0.15) is 44.6 Å². The highest BCUT2D eigenvalue weighted by molar-refractivity contribution is 6.03.